The molecule has 0 unspecified atom stereocenters. The summed E-state index contributed by atoms with van der Waals surface area (Å²) in [5, 5.41) is 7.28. The van der Waals surface area contributed by atoms with Crippen molar-refractivity contribution in [1.82, 2.24) is 15.4 Å². The van der Waals surface area contributed by atoms with Gasteiger partial charge in [0.25, 0.3) is 0 Å². The lowest BCUT2D eigenvalue weighted by Gasteiger charge is -2.29. The van der Waals surface area contributed by atoms with Gasteiger partial charge in [0, 0.05) is 18.2 Å². The molecule has 8 nitrogen and oxygen atoms in total. The lowest BCUT2D eigenvalue weighted by Crippen LogP contribution is -2.54. The van der Waals surface area contributed by atoms with E-state index in [9.17, 15) is 14.4 Å². The van der Waals surface area contributed by atoms with Crippen molar-refractivity contribution in [1.29, 1.82) is 0 Å². The molecule has 0 spiro atoms. The molecule has 2 fully saturated rings. The van der Waals surface area contributed by atoms with Crippen molar-refractivity contribution in [3.63, 3.8) is 0 Å². The van der Waals surface area contributed by atoms with Crippen molar-refractivity contribution in [3.8, 4) is 11.1 Å². The number of nitrogens with zero attached hydrogens (tertiary/aromatic N) is 2. The Balaban J connectivity index is 1.73. The Labute approximate surface area is 180 Å². The van der Waals surface area contributed by atoms with E-state index in [1.165, 1.54) is 4.90 Å². The number of fused-ring (bicyclic) bond motifs is 1. The fourth-order valence-corrected chi connectivity index (χ4v) is 5.02. The second-order valence-corrected chi connectivity index (χ2v) is 8.29. The van der Waals surface area contributed by atoms with Gasteiger partial charge < -0.3 is 9.26 Å². The lowest BCUT2D eigenvalue weighted by molar-refractivity contribution is -0.155. The first-order chi connectivity index (χ1) is 14.7. The molecule has 0 radical (unpaired) electrons. The van der Waals surface area contributed by atoms with E-state index in [1.807, 2.05) is 38.1 Å². The number of aromatic nitrogens is 1. The summed E-state index contributed by atoms with van der Waals surface area (Å²) in [6.07, 6.45) is 0. The fraction of sp³-hybridized carbons (Fsp3) is 0.478. The van der Waals surface area contributed by atoms with Gasteiger partial charge in [-0.1, -0.05) is 29.4 Å². The average molecular weight is 425 g/mol. The van der Waals surface area contributed by atoms with Gasteiger partial charge in [0.15, 0.2) is 0 Å². The van der Waals surface area contributed by atoms with E-state index in [2.05, 4.69) is 10.5 Å². The predicted molar refractivity (Wildman–Crippen MR) is 112 cm³/mol. The van der Waals surface area contributed by atoms with E-state index < -0.39 is 29.4 Å². The first-order valence-corrected chi connectivity index (χ1v) is 10.6. The summed E-state index contributed by atoms with van der Waals surface area (Å²) in [5.41, 5.74) is 2.24. The Bertz CT molecular complexity index is 1020. The van der Waals surface area contributed by atoms with E-state index in [1.54, 1.807) is 20.8 Å². The van der Waals surface area contributed by atoms with Crippen LogP contribution in [-0.2, 0) is 19.1 Å². The van der Waals surface area contributed by atoms with Crippen LogP contribution in [0, 0.1) is 25.7 Å². The molecule has 31 heavy (non-hydrogen) atoms. The van der Waals surface area contributed by atoms with E-state index in [0.29, 0.717) is 0 Å². The van der Waals surface area contributed by atoms with Crippen LogP contribution in [0.4, 0.5) is 0 Å². The summed E-state index contributed by atoms with van der Waals surface area (Å²) in [5.74, 6) is -1.82. The van der Waals surface area contributed by atoms with E-state index >= 15 is 0 Å². The predicted octanol–water partition coefficient (Wildman–Crippen LogP) is 2.55. The number of nitrogens with one attached hydrogen (secondary N) is 1. The molecular formula is C23H27N3O5. The van der Waals surface area contributed by atoms with Gasteiger partial charge in [-0.2, -0.15) is 0 Å². The number of aryl methyl sites for hydroxylation is 2. The minimum absolute atomic E-state index is 0.198. The van der Waals surface area contributed by atoms with Gasteiger partial charge in [-0.3, -0.25) is 24.6 Å². The molecule has 2 saturated heterocycles. The Hall–Kier alpha value is -3.00. The molecule has 2 amide bonds. The summed E-state index contributed by atoms with van der Waals surface area (Å²) in [7, 11) is 0. The third kappa shape index (κ3) is 3.08. The van der Waals surface area contributed by atoms with Gasteiger partial charge in [-0.25, -0.2) is 0 Å². The van der Waals surface area contributed by atoms with E-state index in [4.69, 9.17) is 9.26 Å². The molecule has 0 bridgehead atoms. The Morgan fingerprint density at radius 3 is 2.42 bits per heavy atom. The van der Waals surface area contributed by atoms with Crippen molar-refractivity contribution in [2.45, 2.75) is 46.2 Å². The maximum atomic E-state index is 13.1. The smallest absolute Gasteiger partial charge is 0.326 e. The molecule has 1 aromatic carbocycles. The van der Waals surface area contributed by atoms with Gasteiger partial charge in [-0.15, -0.1) is 0 Å². The molecule has 4 atom stereocenters. The number of carbonyl (C=O) groups is 3. The first-order valence-electron chi connectivity index (χ1n) is 10.6. The van der Waals surface area contributed by atoms with Crippen LogP contribution in [0.25, 0.3) is 11.1 Å². The number of amides is 2. The van der Waals surface area contributed by atoms with Crippen LogP contribution in [0.5, 0.6) is 0 Å². The highest BCUT2D eigenvalue weighted by atomic mass is 16.5. The summed E-state index contributed by atoms with van der Waals surface area (Å²) in [6.45, 7) is 9.36. The molecule has 1 N–H and O–H groups in total. The van der Waals surface area contributed by atoms with E-state index in [-0.39, 0.29) is 25.0 Å². The normalized spacial score (nSPS) is 27.6. The van der Waals surface area contributed by atoms with Gasteiger partial charge >= 0.3 is 5.97 Å². The maximum absolute atomic E-state index is 13.1. The van der Waals surface area contributed by atoms with Gasteiger partial charge in [0.2, 0.25) is 11.8 Å². The molecule has 2 aromatic rings. The van der Waals surface area contributed by atoms with Crippen molar-refractivity contribution >= 4 is 17.8 Å². The number of esters is 1. The summed E-state index contributed by atoms with van der Waals surface area (Å²) < 4.78 is 10.5. The molecule has 0 aliphatic carbocycles. The molecular weight excluding hydrogens is 398 g/mol. The quantitative estimate of drug-likeness (QED) is 0.580. The number of hydrogen-bond donors (Lipinski definition) is 1. The molecule has 2 aliphatic rings. The highest BCUT2D eigenvalue weighted by Gasteiger charge is 2.66. The lowest BCUT2D eigenvalue weighted by atomic mass is 9.80. The zero-order valence-electron chi connectivity index (χ0n) is 18.4. The van der Waals surface area contributed by atoms with E-state index in [0.717, 1.165) is 28.1 Å². The second-order valence-electron chi connectivity index (χ2n) is 8.29. The molecule has 1 aromatic heterocycles. The molecule has 0 saturated carbocycles. The van der Waals surface area contributed by atoms with Gasteiger partial charge in [0.1, 0.15) is 11.3 Å². The van der Waals surface area contributed by atoms with Crippen molar-refractivity contribution < 1.29 is 23.6 Å². The number of rotatable bonds is 5. The van der Waals surface area contributed by atoms with Gasteiger partial charge in [0.05, 0.1) is 24.1 Å². The standard InChI is InChI=1S/C23H27N3O5/c1-6-26-20(27)17-18(21(26)28)23(5,22(29)30-7-2)24-19(17)15-10-8-14(9-11-15)16-12(3)25-31-13(16)4/h8-11,17-19,24H,6-7H2,1-5H3/t17-,18-,19-,23-/m1/s1. The minimum atomic E-state index is -1.28. The first kappa shape index (κ1) is 21.2. The van der Waals surface area contributed by atoms with Crippen LogP contribution >= 0.6 is 0 Å². The number of likely N-dealkylation sites (tertiary alicyclic amines) is 1. The van der Waals surface area contributed by atoms with Crippen LogP contribution in [-0.4, -0.2) is 46.5 Å². The van der Waals surface area contributed by atoms with Crippen LogP contribution in [0.1, 0.15) is 43.8 Å². The zero-order chi connectivity index (χ0) is 22.5. The Morgan fingerprint density at radius 2 is 1.87 bits per heavy atom. The van der Waals surface area contributed by atoms with Crippen LogP contribution in [0.15, 0.2) is 28.8 Å². The molecule has 8 heteroatoms. The Kier molecular flexibility index (Phi) is 5.21. The maximum Gasteiger partial charge on any atom is 0.326 e. The molecule has 2 aliphatic heterocycles. The average Bonchev–Trinajstić information content (AvgIpc) is 3.34. The minimum Gasteiger partial charge on any atom is -0.465 e. The fourth-order valence-electron chi connectivity index (χ4n) is 5.02. The van der Waals surface area contributed by atoms with Crippen LogP contribution in [0.3, 0.4) is 0 Å². The Morgan fingerprint density at radius 1 is 1.19 bits per heavy atom. The highest BCUT2D eigenvalue weighted by Crippen LogP contribution is 2.49. The molecule has 3 heterocycles. The number of ether oxygens (including phenoxy) is 1. The summed E-state index contributed by atoms with van der Waals surface area (Å²) >= 11 is 0. The highest BCUT2D eigenvalue weighted by molar-refractivity contribution is 6.09. The van der Waals surface area contributed by atoms with Crippen LogP contribution in [0.2, 0.25) is 0 Å². The van der Waals surface area contributed by atoms with Crippen molar-refractivity contribution in [2.75, 3.05) is 13.2 Å². The zero-order valence-corrected chi connectivity index (χ0v) is 18.4. The summed E-state index contributed by atoms with van der Waals surface area (Å²) in [6, 6.07) is 7.24. The van der Waals surface area contributed by atoms with Crippen molar-refractivity contribution in [2.24, 2.45) is 11.8 Å². The largest absolute Gasteiger partial charge is 0.465 e. The third-order valence-electron chi connectivity index (χ3n) is 6.49. The number of imide groups is 1. The number of carbonyl (C=O) groups excluding carboxylic acids is 3. The third-order valence-corrected chi connectivity index (χ3v) is 6.49. The molecule has 164 valence electrons. The SMILES string of the molecule is CCOC(=O)[C@]1(C)N[C@H](c2ccc(-c3c(C)noc3C)cc2)[C@@H]2C(=O)N(CC)C(=O)[C@@H]21. The second kappa shape index (κ2) is 7.60. The summed E-state index contributed by atoms with van der Waals surface area (Å²) in [4.78, 5) is 40.3. The van der Waals surface area contributed by atoms with Crippen LogP contribution < -0.4 is 5.32 Å². The monoisotopic (exact) mass is 425 g/mol. The number of benzene rings is 1. The van der Waals surface area contributed by atoms with Crippen molar-refractivity contribution in [3.05, 3.63) is 41.3 Å². The topological polar surface area (TPSA) is 102 Å². The number of hydrogen-bond acceptors (Lipinski definition) is 7. The van der Waals surface area contributed by atoms with Gasteiger partial charge in [-0.05, 0) is 45.7 Å². The molecule has 4 rings (SSSR count).